The third-order valence-electron chi connectivity index (χ3n) is 4.07. The van der Waals surface area contributed by atoms with Crippen molar-refractivity contribution in [3.05, 3.63) is 59.7 Å². The fraction of sp³-hybridized carbons (Fsp3) is 0.286. The van der Waals surface area contributed by atoms with Crippen LogP contribution >= 0.6 is 0 Å². The number of ether oxygens (including phenoxy) is 3. The number of amides is 2. The summed E-state index contributed by atoms with van der Waals surface area (Å²) < 4.78 is 15.4. The minimum absolute atomic E-state index is 0.333. The average molecular weight is 400 g/mol. The highest BCUT2D eigenvalue weighted by atomic mass is 16.5. The molecular weight excluding hydrogens is 376 g/mol. The molecule has 0 fully saturated rings. The van der Waals surface area contributed by atoms with Crippen LogP contribution in [0.4, 0.5) is 0 Å². The molecule has 2 amide bonds. The maximum atomic E-state index is 12.1. The van der Waals surface area contributed by atoms with Gasteiger partial charge in [0.25, 0.3) is 11.8 Å². The lowest BCUT2D eigenvalue weighted by Crippen LogP contribution is -2.34. The Hall–Kier alpha value is -3.55. The van der Waals surface area contributed by atoms with Crippen molar-refractivity contribution in [2.24, 2.45) is 0 Å². The van der Waals surface area contributed by atoms with Crippen LogP contribution in [0.2, 0.25) is 0 Å². The Morgan fingerprint density at radius 3 is 2.38 bits per heavy atom. The van der Waals surface area contributed by atoms with E-state index < -0.39 is 30.4 Å². The summed E-state index contributed by atoms with van der Waals surface area (Å²) in [7, 11) is 3.08. The summed E-state index contributed by atoms with van der Waals surface area (Å²) in [6, 6.07) is 13.3. The summed E-state index contributed by atoms with van der Waals surface area (Å²) in [5.74, 6) is -0.367. The minimum atomic E-state index is -0.712. The Morgan fingerprint density at radius 1 is 1.00 bits per heavy atom. The predicted molar refractivity (Wildman–Crippen MR) is 106 cm³/mol. The van der Waals surface area contributed by atoms with Crippen LogP contribution in [-0.4, -0.2) is 45.2 Å². The van der Waals surface area contributed by atoms with Gasteiger partial charge >= 0.3 is 5.97 Å². The molecular formula is C21H24N2O6. The first-order chi connectivity index (χ1) is 13.9. The van der Waals surface area contributed by atoms with Gasteiger partial charge in [0.1, 0.15) is 18.0 Å². The number of rotatable bonds is 9. The highest BCUT2D eigenvalue weighted by Crippen LogP contribution is 2.29. The SMILES string of the molecule is COc1ccc(OC)c([C@@H](C)NC(=O)COC(=O)CNC(=O)c2ccccc2)c1. The van der Waals surface area contributed by atoms with Gasteiger partial charge in [-0.3, -0.25) is 14.4 Å². The van der Waals surface area contributed by atoms with Crippen molar-refractivity contribution in [1.29, 1.82) is 0 Å². The third-order valence-corrected chi connectivity index (χ3v) is 4.07. The fourth-order valence-electron chi connectivity index (χ4n) is 2.58. The highest BCUT2D eigenvalue weighted by Gasteiger charge is 2.16. The van der Waals surface area contributed by atoms with Gasteiger partial charge in [-0.25, -0.2) is 0 Å². The Morgan fingerprint density at radius 2 is 1.72 bits per heavy atom. The molecule has 2 aromatic carbocycles. The molecule has 8 nitrogen and oxygen atoms in total. The molecule has 0 saturated heterocycles. The van der Waals surface area contributed by atoms with Gasteiger partial charge in [-0.1, -0.05) is 18.2 Å². The van der Waals surface area contributed by atoms with Crippen LogP contribution in [-0.2, 0) is 14.3 Å². The van der Waals surface area contributed by atoms with Crippen molar-refractivity contribution in [2.75, 3.05) is 27.4 Å². The topological polar surface area (TPSA) is 103 Å². The van der Waals surface area contributed by atoms with Gasteiger partial charge in [0.15, 0.2) is 6.61 Å². The van der Waals surface area contributed by atoms with Crippen LogP contribution in [0.25, 0.3) is 0 Å². The molecule has 0 aliphatic rings. The van der Waals surface area contributed by atoms with Crippen LogP contribution in [0.3, 0.4) is 0 Å². The number of hydrogen-bond acceptors (Lipinski definition) is 6. The molecule has 0 unspecified atom stereocenters. The van der Waals surface area contributed by atoms with Gasteiger partial charge in [0.2, 0.25) is 0 Å². The number of carbonyl (C=O) groups is 3. The molecule has 29 heavy (non-hydrogen) atoms. The molecule has 154 valence electrons. The standard InChI is InChI=1S/C21H24N2O6/c1-14(17-11-16(27-2)9-10-18(17)28-3)23-19(24)13-29-20(25)12-22-21(26)15-7-5-4-6-8-15/h4-11,14H,12-13H2,1-3H3,(H,22,26)(H,23,24)/t14-/m1/s1. The molecule has 2 rings (SSSR count). The average Bonchev–Trinajstić information content (AvgIpc) is 2.75. The summed E-state index contributed by atoms with van der Waals surface area (Å²) in [6.45, 7) is 0.980. The summed E-state index contributed by atoms with van der Waals surface area (Å²) in [5, 5.41) is 5.17. The van der Waals surface area contributed by atoms with E-state index in [9.17, 15) is 14.4 Å². The zero-order chi connectivity index (χ0) is 21.2. The van der Waals surface area contributed by atoms with Crippen LogP contribution in [0, 0.1) is 0 Å². The zero-order valence-electron chi connectivity index (χ0n) is 16.6. The van der Waals surface area contributed by atoms with Gasteiger partial charge in [0.05, 0.1) is 20.3 Å². The Kier molecular flexibility index (Phi) is 8.02. The largest absolute Gasteiger partial charge is 0.497 e. The van der Waals surface area contributed by atoms with Crippen molar-refractivity contribution in [2.45, 2.75) is 13.0 Å². The Bertz CT molecular complexity index is 854. The van der Waals surface area contributed by atoms with E-state index in [1.54, 1.807) is 62.6 Å². The monoisotopic (exact) mass is 400 g/mol. The first-order valence-corrected chi connectivity index (χ1v) is 8.94. The normalized spacial score (nSPS) is 11.1. The van der Waals surface area contributed by atoms with Gasteiger partial charge in [-0.05, 0) is 37.3 Å². The second-order valence-corrected chi connectivity index (χ2v) is 6.11. The van der Waals surface area contributed by atoms with Crippen LogP contribution in [0.5, 0.6) is 11.5 Å². The molecule has 1 atom stereocenters. The number of nitrogens with one attached hydrogen (secondary N) is 2. The summed E-state index contributed by atoms with van der Waals surface area (Å²) >= 11 is 0. The van der Waals surface area contributed by atoms with Crippen LogP contribution in [0.15, 0.2) is 48.5 Å². The molecule has 0 saturated carbocycles. The van der Waals surface area contributed by atoms with Crippen LogP contribution in [0.1, 0.15) is 28.9 Å². The van der Waals surface area contributed by atoms with E-state index in [-0.39, 0.29) is 6.54 Å². The summed E-state index contributed by atoms with van der Waals surface area (Å²) in [6.07, 6.45) is 0. The molecule has 0 radical (unpaired) electrons. The highest BCUT2D eigenvalue weighted by molar-refractivity contribution is 5.96. The van der Waals surface area contributed by atoms with Crippen LogP contribution < -0.4 is 20.1 Å². The first-order valence-electron chi connectivity index (χ1n) is 8.94. The van der Waals surface area contributed by atoms with Crippen molar-refractivity contribution in [3.63, 3.8) is 0 Å². The fourth-order valence-corrected chi connectivity index (χ4v) is 2.58. The molecule has 0 spiro atoms. The van der Waals surface area contributed by atoms with Crippen molar-refractivity contribution in [1.82, 2.24) is 10.6 Å². The summed E-state index contributed by atoms with van der Waals surface area (Å²) in [4.78, 5) is 35.7. The van der Waals surface area contributed by atoms with E-state index in [1.165, 1.54) is 7.11 Å². The zero-order valence-corrected chi connectivity index (χ0v) is 16.6. The number of carbonyl (C=O) groups excluding carboxylic acids is 3. The molecule has 2 N–H and O–H groups in total. The quantitative estimate of drug-likeness (QED) is 0.623. The Balaban J connectivity index is 1.80. The lowest BCUT2D eigenvalue weighted by Gasteiger charge is -2.18. The predicted octanol–water partition coefficient (Wildman–Crippen LogP) is 1.85. The van der Waals surface area contributed by atoms with E-state index in [0.717, 1.165) is 5.56 Å². The van der Waals surface area contributed by atoms with Gasteiger partial charge in [0, 0.05) is 11.1 Å². The second-order valence-electron chi connectivity index (χ2n) is 6.11. The van der Waals surface area contributed by atoms with Gasteiger partial charge in [-0.2, -0.15) is 0 Å². The number of hydrogen-bond donors (Lipinski definition) is 2. The Labute approximate surface area is 169 Å². The van der Waals surface area contributed by atoms with Crippen molar-refractivity contribution in [3.8, 4) is 11.5 Å². The maximum absolute atomic E-state index is 12.1. The molecule has 0 aliphatic heterocycles. The smallest absolute Gasteiger partial charge is 0.325 e. The van der Waals surface area contributed by atoms with Crippen molar-refractivity contribution >= 4 is 17.8 Å². The number of esters is 1. The molecule has 0 aliphatic carbocycles. The molecule has 0 heterocycles. The van der Waals surface area contributed by atoms with Gasteiger partial charge < -0.3 is 24.8 Å². The molecule has 2 aromatic rings. The van der Waals surface area contributed by atoms with Gasteiger partial charge in [-0.15, -0.1) is 0 Å². The number of benzene rings is 2. The number of methoxy groups -OCH3 is 2. The third kappa shape index (κ3) is 6.53. The van der Waals surface area contributed by atoms with E-state index in [4.69, 9.17) is 14.2 Å². The van der Waals surface area contributed by atoms with E-state index >= 15 is 0 Å². The van der Waals surface area contributed by atoms with E-state index in [0.29, 0.717) is 17.1 Å². The van der Waals surface area contributed by atoms with E-state index in [2.05, 4.69) is 10.6 Å². The molecule has 0 aromatic heterocycles. The van der Waals surface area contributed by atoms with E-state index in [1.807, 2.05) is 0 Å². The van der Waals surface area contributed by atoms with Crippen molar-refractivity contribution < 1.29 is 28.6 Å². The second kappa shape index (κ2) is 10.7. The lowest BCUT2D eigenvalue weighted by atomic mass is 10.1. The molecule has 0 bridgehead atoms. The summed E-state index contributed by atoms with van der Waals surface area (Å²) in [5.41, 5.74) is 1.15. The first kappa shape index (κ1) is 21.7. The lowest BCUT2D eigenvalue weighted by molar-refractivity contribution is -0.147. The molecule has 8 heteroatoms. The minimum Gasteiger partial charge on any atom is -0.497 e. The maximum Gasteiger partial charge on any atom is 0.325 e.